The fourth-order valence-electron chi connectivity index (χ4n) is 2.34. The number of ether oxygens (including phenoxy) is 2. The summed E-state index contributed by atoms with van der Waals surface area (Å²) in [5.74, 6) is 0.450. The number of hydrogen-bond donors (Lipinski definition) is 0. The van der Waals surface area contributed by atoms with Gasteiger partial charge in [0.1, 0.15) is 28.9 Å². The molecule has 0 N–H and O–H groups in total. The summed E-state index contributed by atoms with van der Waals surface area (Å²) in [4.78, 5) is 4.14. The van der Waals surface area contributed by atoms with E-state index in [1.54, 1.807) is 12.3 Å². The van der Waals surface area contributed by atoms with Gasteiger partial charge in [0.2, 0.25) is 5.88 Å². The lowest BCUT2D eigenvalue weighted by Gasteiger charge is -2.21. The molecule has 21 heavy (non-hydrogen) atoms. The Morgan fingerprint density at radius 1 is 1.48 bits per heavy atom. The highest BCUT2D eigenvalue weighted by Gasteiger charge is 2.24. The molecule has 1 aliphatic heterocycles. The smallest absolute Gasteiger partial charge is 0.222 e. The minimum absolute atomic E-state index is 0.0604. The van der Waals surface area contributed by atoms with Gasteiger partial charge in [-0.3, -0.25) is 0 Å². The zero-order valence-electron chi connectivity index (χ0n) is 11.5. The van der Waals surface area contributed by atoms with Crippen LogP contribution < -0.4 is 9.47 Å². The molecule has 5 heteroatoms. The minimum Gasteiger partial charge on any atom is -0.492 e. The molecule has 0 fully saturated rings. The zero-order valence-corrected chi connectivity index (χ0v) is 11.5. The van der Waals surface area contributed by atoms with E-state index in [9.17, 15) is 4.39 Å². The summed E-state index contributed by atoms with van der Waals surface area (Å²) in [7, 11) is 0. The molecular formula is C16H13FN2O2. The first kappa shape index (κ1) is 13.4. The average molecular weight is 284 g/mol. The van der Waals surface area contributed by atoms with Crippen molar-refractivity contribution in [2.24, 2.45) is 0 Å². The van der Waals surface area contributed by atoms with E-state index in [2.05, 4.69) is 4.98 Å². The second kappa shape index (κ2) is 5.41. The van der Waals surface area contributed by atoms with E-state index >= 15 is 0 Å². The van der Waals surface area contributed by atoms with Crippen LogP contribution in [0.4, 0.5) is 4.39 Å². The molecule has 1 aliphatic rings. The Bertz CT molecular complexity index is 738. The number of nitrogens with zero attached hydrogens (tertiary/aromatic N) is 2. The predicted molar refractivity (Wildman–Crippen MR) is 74.0 cm³/mol. The van der Waals surface area contributed by atoms with Crippen LogP contribution in [0, 0.1) is 24.1 Å². The zero-order chi connectivity index (χ0) is 14.8. The number of aromatic nitrogens is 1. The Balaban J connectivity index is 2.09. The van der Waals surface area contributed by atoms with Crippen molar-refractivity contribution < 1.29 is 13.9 Å². The van der Waals surface area contributed by atoms with E-state index in [0.29, 0.717) is 30.4 Å². The molecule has 0 unspecified atom stereocenters. The maximum Gasteiger partial charge on any atom is 0.222 e. The number of aryl methyl sites for hydroxylation is 1. The lowest BCUT2D eigenvalue weighted by Crippen LogP contribution is -2.12. The monoisotopic (exact) mass is 284 g/mol. The van der Waals surface area contributed by atoms with Crippen molar-refractivity contribution in [2.45, 2.75) is 19.8 Å². The second-order valence-corrected chi connectivity index (χ2v) is 4.83. The van der Waals surface area contributed by atoms with E-state index < -0.39 is 5.82 Å². The van der Waals surface area contributed by atoms with Crippen LogP contribution in [-0.2, 0) is 6.42 Å². The molecule has 0 saturated heterocycles. The van der Waals surface area contributed by atoms with Crippen LogP contribution in [0.3, 0.4) is 0 Å². The van der Waals surface area contributed by atoms with Crippen molar-refractivity contribution in [1.82, 2.24) is 4.98 Å². The summed E-state index contributed by atoms with van der Waals surface area (Å²) in [5, 5.41) is 9.08. The Morgan fingerprint density at radius 3 is 3.10 bits per heavy atom. The van der Waals surface area contributed by atoms with Crippen LogP contribution in [0.1, 0.15) is 23.1 Å². The molecule has 0 spiro atoms. The van der Waals surface area contributed by atoms with E-state index in [4.69, 9.17) is 14.7 Å². The lowest BCUT2D eigenvalue weighted by molar-refractivity contribution is 0.281. The van der Waals surface area contributed by atoms with Crippen LogP contribution in [0.2, 0.25) is 0 Å². The SMILES string of the molecule is Cc1cccnc1Oc1cc(F)c(C#N)c2c1CCCO2. The van der Waals surface area contributed by atoms with Crippen molar-refractivity contribution in [2.75, 3.05) is 6.61 Å². The molecule has 0 amide bonds. The summed E-state index contributed by atoms with van der Waals surface area (Å²) in [5.41, 5.74) is 1.52. The number of pyridine rings is 1. The van der Waals surface area contributed by atoms with Crippen molar-refractivity contribution in [3.05, 3.63) is 46.9 Å². The Hall–Kier alpha value is -2.61. The van der Waals surface area contributed by atoms with Crippen LogP contribution in [0.25, 0.3) is 0 Å². The Labute approximate surface area is 121 Å². The number of halogens is 1. The van der Waals surface area contributed by atoms with Gasteiger partial charge < -0.3 is 9.47 Å². The van der Waals surface area contributed by atoms with Crippen molar-refractivity contribution in [3.8, 4) is 23.4 Å². The summed E-state index contributed by atoms with van der Waals surface area (Å²) < 4.78 is 25.3. The summed E-state index contributed by atoms with van der Waals surface area (Å²) in [6, 6.07) is 6.76. The highest BCUT2D eigenvalue weighted by atomic mass is 19.1. The number of benzene rings is 1. The number of fused-ring (bicyclic) bond motifs is 1. The minimum atomic E-state index is -0.637. The van der Waals surface area contributed by atoms with Crippen molar-refractivity contribution >= 4 is 0 Å². The van der Waals surface area contributed by atoms with Gasteiger partial charge in [-0.25, -0.2) is 9.37 Å². The molecule has 2 aromatic rings. The molecule has 0 aliphatic carbocycles. The molecule has 2 heterocycles. The summed E-state index contributed by atoms with van der Waals surface area (Å²) >= 11 is 0. The molecule has 1 aromatic heterocycles. The van der Waals surface area contributed by atoms with E-state index in [1.165, 1.54) is 6.07 Å². The van der Waals surface area contributed by atoms with Gasteiger partial charge in [0, 0.05) is 23.4 Å². The lowest BCUT2D eigenvalue weighted by atomic mass is 10.0. The van der Waals surface area contributed by atoms with Crippen LogP contribution in [0.15, 0.2) is 24.4 Å². The maximum absolute atomic E-state index is 14.0. The normalized spacial score (nSPS) is 13.0. The van der Waals surface area contributed by atoms with Gasteiger partial charge in [0.25, 0.3) is 0 Å². The molecule has 0 atom stereocenters. The summed E-state index contributed by atoms with van der Waals surface area (Å²) in [6.07, 6.45) is 3.11. The molecule has 4 nitrogen and oxygen atoms in total. The Kier molecular flexibility index (Phi) is 3.44. The molecule has 1 aromatic carbocycles. The third kappa shape index (κ3) is 2.40. The first-order chi connectivity index (χ1) is 10.2. The van der Waals surface area contributed by atoms with Crippen molar-refractivity contribution in [3.63, 3.8) is 0 Å². The molecule has 106 valence electrons. The van der Waals surface area contributed by atoms with Gasteiger partial charge >= 0.3 is 0 Å². The molecule has 3 rings (SSSR count). The van der Waals surface area contributed by atoms with Gasteiger partial charge in [0.15, 0.2) is 0 Å². The fraction of sp³-hybridized carbons (Fsp3) is 0.250. The fourth-order valence-corrected chi connectivity index (χ4v) is 2.34. The van der Waals surface area contributed by atoms with Crippen LogP contribution in [0.5, 0.6) is 17.4 Å². The number of rotatable bonds is 2. The average Bonchev–Trinajstić information content (AvgIpc) is 2.50. The van der Waals surface area contributed by atoms with Crippen LogP contribution in [-0.4, -0.2) is 11.6 Å². The predicted octanol–water partition coefficient (Wildman–Crippen LogP) is 3.52. The van der Waals surface area contributed by atoms with Gasteiger partial charge in [-0.2, -0.15) is 5.26 Å². The third-order valence-corrected chi connectivity index (χ3v) is 3.39. The van der Waals surface area contributed by atoms with E-state index in [0.717, 1.165) is 17.5 Å². The quantitative estimate of drug-likeness (QED) is 0.846. The van der Waals surface area contributed by atoms with Gasteiger partial charge in [-0.1, -0.05) is 6.07 Å². The second-order valence-electron chi connectivity index (χ2n) is 4.83. The van der Waals surface area contributed by atoms with Crippen molar-refractivity contribution in [1.29, 1.82) is 5.26 Å². The van der Waals surface area contributed by atoms with Gasteiger partial charge in [0.05, 0.1) is 6.61 Å². The van der Waals surface area contributed by atoms with Crippen LogP contribution >= 0.6 is 0 Å². The first-order valence-electron chi connectivity index (χ1n) is 6.68. The highest BCUT2D eigenvalue weighted by molar-refractivity contribution is 5.57. The molecule has 0 radical (unpaired) electrons. The first-order valence-corrected chi connectivity index (χ1v) is 6.68. The largest absolute Gasteiger partial charge is 0.492 e. The van der Waals surface area contributed by atoms with Gasteiger partial charge in [-0.15, -0.1) is 0 Å². The molecule has 0 saturated carbocycles. The molecule has 0 bridgehead atoms. The maximum atomic E-state index is 14.0. The number of nitriles is 1. The topological polar surface area (TPSA) is 55.1 Å². The van der Waals surface area contributed by atoms with E-state index in [-0.39, 0.29) is 5.56 Å². The molecular weight excluding hydrogens is 271 g/mol. The Morgan fingerprint density at radius 2 is 2.33 bits per heavy atom. The summed E-state index contributed by atoms with van der Waals surface area (Å²) in [6.45, 7) is 2.35. The van der Waals surface area contributed by atoms with Gasteiger partial charge in [-0.05, 0) is 25.8 Å². The standard InChI is InChI=1S/C16H13FN2O2/c1-10-4-2-6-19-16(10)21-14-8-13(17)12(9-18)15-11(14)5-3-7-20-15/h2,4,6,8H,3,5,7H2,1H3. The highest BCUT2D eigenvalue weighted by Crippen LogP contribution is 2.39. The number of hydrogen-bond acceptors (Lipinski definition) is 4. The third-order valence-electron chi connectivity index (χ3n) is 3.39. The van der Waals surface area contributed by atoms with E-state index in [1.807, 2.05) is 19.1 Å².